The third kappa shape index (κ3) is 12.1. The van der Waals surface area contributed by atoms with Crippen molar-refractivity contribution in [2.24, 2.45) is 0 Å². The van der Waals surface area contributed by atoms with Gasteiger partial charge in [-0.15, -0.1) is 0 Å². The van der Waals surface area contributed by atoms with Gasteiger partial charge >= 0.3 is 95.5 Å². The molecule has 0 rings (SSSR count). The predicted octanol–water partition coefficient (Wildman–Crippen LogP) is 8.08. The van der Waals surface area contributed by atoms with E-state index in [9.17, 15) is 142 Å². The Morgan fingerprint density at radius 2 is 0.794 bits per heavy atom. The first-order chi connectivity index (χ1) is 27.2. The molecule has 1 atom stereocenters. The molecule has 63 heavy (non-hydrogen) atoms. The normalized spacial score (nSPS) is 15.5. The van der Waals surface area contributed by atoms with Crippen LogP contribution in [0.4, 0.5) is 114 Å². The average Bonchev–Trinajstić information content (AvgIpc) is 3.04. The average molecular weight is 1020 g/mol. The molecule has 0 amide bonds. The van der Waals surface area contributed by atoms with Gasteiger partial charge in [0.15, 0.2) is 5.25 Å². The van der Waals surface area contributed by atoms with Crippen LogP contribution < -0.4 is 0 Å². The van der Waals surface area contributed by atoms with Gasteiger partial charge in [-0.25, -0.2) is 9.59 Å². The molecule has 0 aromatic heterocycles. The van der Waals surface area contributed by atoms with E-state index in [4.69, 9.17) is 14.8 Å². The highest BCUT2D eigenvalue weighted by molar-refractivity contribution is 7.87. The molecule has 0 aliphatic rings. The lowest BCUT2D eigenvalue weighted by Crippen LogP contribution is -2.70. The minimum atomic E-state index is -8.25. The molecule has 0 spiro atoms. The van der Waals surface area contributed by atoms with Gasteiger partial charge in [-0.05, 0) is 6.92 Å². The van der Waals surface area contributed by atoms with Crippen LogP contribution in [0.3, 0.4) is 0 Å². The zero-order valence-corrected chi connectivity index (χ0v) is 29.8. The molecule has 0 fully saturated rings. The Bertz CT molecular complexity index is 1800. The maximum atomic E-state index is 13.7. The van der Waals surface area contributed by atoms with Crippen LogP contribution in [0.2, 0.25) is 0 Å². The molecule has 1 unspecified atom stereocenters. The Morgan fingerprint density at radius 3 is 1.03 bits per heavy atom. The molecule has 11 nitrogen and oxygen atoms in total. The zero-order valence-electron chi connectivity index (χ0n) is 29.0. The molecule has 38 heteroatoms. The summed E-state index contributed by atoms with van der Waals surface area (Å²) in [7, 11) is -4.84. The summed E-state index contributed by atoms with van der Waals surface area (Å²) in [4.78, 5) is 43.1. The molecule has 0 saturated heterocycles. The highest BCUT2D eigenvalue weighted by Gasteiger charge is 2.92. The number of carbonyl (C=O) groups is 4. The second-order valence-electron chi connectivity index (χ2n) is 11.6. The molecule has 0 radical (unpaired) electrons. The molecular formula is C25H18F26O11S. The maximum absolute atomic E-state index is 13.7. The van der Waals surface area contributed by atoms with Gasteiger partial charge in [0.2, 0.25) is 0 Å². The lowest BCUT2D eigenvalue weighted by molar-refractivity contribution is -0.440. The van der Waals surface area contributed by atoms with Crippen molar-refractivity contribution in [3.8, 4) is 0 Å². The zero-order chi connectivity index (χ0) is 51.6. The fourth-order valence-electron chi connectivity index (χ4n) is 3.34. The van der Waals surface area contributed by atoms with Gasteiger partial charge < -0.3 is 19.7 Å². The number of aliphatic carboxylic acids is 2. The Hall–Kier alpha value is -4.29. The summed E-state index contributed by atoms with van der Waals surface area (Å²) in [5, 5.41) is 13.9. The van der Waals surface area contributed by atoms with Crippen molar-refractivity contribution in [2.75, 3.05) is 13.2 Å². The van der Waals surface area contributed by atoms with Gasteiger partial charge in [0.1, 0.15) is 0 Å². The van der Waals surface area contributed by atoms with E-state index >= 15 is 0 Å². The molecule has 0 aromatic rings. The molecule has 3 N–H and O–H groups in total. The summed E-state index contributed by atoms with van der Waals surface area (Å²) in [5.41, 5.74) is -1.41. The van der Waals surface area contributed by atoms with E-state index in [1.54, 1.807) is 0 Å². The first-order valence-corrected chi connectivity index (χ1v) is 16.0. The van der Waals surface area contributed by atoms with Crippen LogP contribution in [0.15, 0.2) is 11.6 Å². The Kier molecular flexibility index (Phi) is 18.0. The number of esters is 2. The summed E-state index contributed by atoms with van der Waals surface area (Å²) >= 11 is 0. The first kappa shape index (κ1) is 60.8. The van der Waals surface area contributed by atoms with Crippen molar-refractivity contribution in [2.45, 2.75) is 103 Å². The summed E-state index contributed by atoms with van der Waals surface area (Å²) in [6.07, 6.45) is -23.1. The summed E-state index contributed by atoms with van der Waals surface area (Å²) in [6, 6.07) is 0. The van der Waals surface area contributed by atoms with Gasteiger partial charge in [-0.3, -0.25) is 14.1 Å². The summed E-state index contributed by atoms with van der Waals surface area (Å²) in [6.45, 7) is -4.46. The fourth-order valence-corrected chi connectivity index (χ4v) is 3.95. The van der Waals surface area contributed by atoms with Crippen LogP contribution in [0.1, 0.15) is 26.2 Å². The van der Waals surface area contributed by atoms with Crippen LogP contribution in [-0.4, -0.2) is 137 Å². The van der Waals surface area contributed by atoms with Crippen molar-refractivity contribution >= 4 is 34.0 Å². The van der Waals surface area contributed by atoms with Crippen molar-refractivity contribution in [1.82, 2.24) is 0 Å². The summed E-state index contributed by atoms with van der Waals surface area (Å²) in [5.74, 6) is -86.1. The van der Waals surface area contributed by atoms with E-state index in [2.05, 4.69) is 9.47 Å². The van der Waals surface area contributed by atoms with E-state index in [0.29, 0.717) is 0 Å². The van der Waals surface area contributed by atoms with Gasteiger partial charge in [-0.2, -0.15) is 123 Å². The van der Waals surface area contributed by atoms with Crippen molar-refractivity contribution in [3.63, 3.8) is 0 Å². The SMILES string of the molecule is C/C(=C/C(=O)OCCC(F)(F)C(F)(F)C(F)(F)C(F)(F)C(F)(F)C(F)(F)F)C(=O)OCCC(F)(F)C(F)(F)C(F)(F)C(F)(F)C(F)(F)C(F)(F)F.O=C(O)CC(C(=O)O)S(=O)(=O)O. The van der Waals surface area contributed by atoms with Crippen molar-refractivity contribution < 1.29 is 166 Å². The number of halogens is 26. The lowest BCUT2D eigenvalue weighted by atomic mass is 9.93. The Morgan fingerprint density at radius 1 is 0.508 bits per heavy atom. The predicted molar refractivity (Wildman–Crippen MR) is 142 cm³/mol. The number of carbonyl (C=O) groups excluding carboxylic acids is 2. The van der Waals surface area contributed by atoms with Crippen LogP contribution in [0.5, 0.6) is 0 Å². The number of carboxylic acid groups (broad SMARTS) is 2. The maximum Gasteiger partial charge on any atom is 0.460 e. The molecular weight excluding hydrogens is 1000 g/mol. The van der Waals surface area contributed by atoms with E-state index in [1.165, 1.54) is 0 Å². The smallest absolute Gasteiger partial charge is 0.460 e. The highest BCUT2D eigenvalue weighted by atomic mass is 32.2. The van der Waals surface area contributed by atoms with Crippen molar-refractivity contribution in [3.05, 3.63) is 11.6 Å². The second-order valence-corrected chi connectivity index (χ2v) is 13.2. The largest absolute Gasteiger partial charge is 0.481 e. The number of hydrogen-bond donors (Lipinski definition) is 3. The summed E-state index contributed by atoms with van der Waals surface area (Å²) < 4.78 is 375. The third-order valence-corrected chi connectivity index (χ3v) is 8.05. The number of alkyl halides is 26. The van der Waals surface area contributed by atoms with Gasteiger partial charge in [-0.1, -0.05) is 0 Å². The minimum absolute atomic E-state index is 0.274. The molecule has 0 aliphatic carbocycles. The molecule has 372 valence electrons. The number of rotatable bonds is 20. The van der Waals surface area contributed by atoms with Crippen LogP contribution in [0, 0.1) is 0 Å². The number of hydrogen-bond acceptors (Lipinski definition) is 8. The van der Waals surface area contributed by atoms with Crippen LogP contribution in [0.25, 0.3) is 0 Å². The molecule has 0 aliphatic heterocycles. The molecule has 0 bridgehead atoms. The fraction of sp³-hybridized carbons (Fsp3) is 0.760. The van der Waals surface area contributed by atoms with Crippen LogP contribution in [-0.2, 0) is 38.8 Å². The Balaban J connectivity index is 0. The molecule has 0 heterocycles. The van der Waals surface area contributed by atoms with E-state index < -0.39 is 149 Å². The third-order valence-electron chi connectivity index (χ3n) is 6.96. The standard InChI is InChI=1S/C21H12F26O4.C4H6O7S/c1-7(9(49)51-5-3-11(24,25)13(28,29)15(32,33)17(36,37)19(40,41)21(45,46)47)6-8(48)50-4-2-10(22,23)12(26,27)14(30,31)16(34,35)18(38,39)20(42,43)44;5-3(6)1-2(4(7)8)12(9,10)11/h6H,2-5H2,1H3;2H,1H2,(H,5,6)(H,7,8)(H,9,10,11)/b7-6-;. The van der Waals surface area contributed by atoms with Crippen LogP contribution >= 0.6 is 0 Å². The number of carboxylic acids is 2. The van der Waals surface area contributed by atoms with Gasteiger partial charge in [0, 0.05) is 11.6 Å². The second kappa shape index (κ2) is 18.7. The molecule has 0 saturated carbocycles. The molecule has 0 aromatic carbocycles. The van der Waals surface area contributed by atoms with Crippen molar-refractivity contribution in [1.29, 1.82) is 0 Å². The lowest BCUT2D eigenvalue weighted by Gasteiger charge is -2.39. The van der Waals surface area contributed by atoms with Gasteiger partial charge in [0.25, 0.3) is 10.1 Å². The van der Waals surface area contributed by atoms with E-state index in [0.717, 1.165) is 0 Å². The Labute approximate surface area is 328 Å². The first-order valence-electron chi connectivity index (χ1n) is 14.5. The minimum Gasteiger partial charge on any atom is -0.481 e. The topological polar surface area (TPSA) is 182 Å². The quantitative estimate of drug-likeness (QED) is 0.0464. The number of ether oxygens (including phenoxy) is 2. The highest BCUT2D eigenvalue weighted by Crippen LogP contribution is 2.62. The monoisotopic (exact) mass is 1020 g/mol. The van der Waals surface area contributed by atoms with Gasteiger partial charge in [0.05, 0.1) is 32.5 Å². The van der Waals surface area contributed by atoms with E-state index in [-0.39, 0.29) is 13.0 Å². The van der Waals surface area contributed by atoms with E-state index in [1.807, 2.05) is 0 Å².